The Morgan fingerprint density at radius 2 is 0.857 bits per heavy atom. The highest BCUT2D eigenvalue weighted by molar-refractivity contribution is 5.32. The second-order valence-corrected chi connectivity index (χ2v) is 16.2. The third-order valence-electron chi connectivity index (χ3n) is 8.27. The number of hydrogen-bond donors (Lipinski definition) is 0. The van der Waals surface area contributed by atoms with Gasteiger partial charge in [0.1, 0.15) is 24.7 Å². The molecule has 0 bridgehead atoms. The summed E-state index contributed by atoms with van der Waals surface area (Å²) in [6.07, 6.45) is 7.58. The number of benzene rings is 2. The van der Waals surface area contributed by atoms with Crippen LogP contribution in [0.15, 0.2) is 48.5 Å². The fourth-order valence-corrected chi connectivity index (χ4v) is 7.06. The first-order chi connectivity index (χ1) is 19.5. The highest BCUT2D eigenvalue weighted by Crippen LogP contribution is 2.38. The fraction of sp³-hybridized carbons (Fsp3) is 0.684. The molecule has 0 aromatic heterocycles. The van der Waals surface area contributed by atoms with Crippen LogP contribution in [0.5, 0.6) is 11.5 Å². The molecular formula is C38H60O4. The molecule has 42 heavy (non-hydrogen) atoms. The molecule has 2 aromatic rings. The molecule has 4 nitrogen and oxygen atoms in total. The Hall–Kier alpha value is -2.04. The van der Waals surface area contributed by atoms with Crippen molar-refractivity contribution < 1.29 is 18.9 Å². The lowest BCUT2D eigenvalue weighted by Gasteiger charge is -2.37. The van der Waals surface area contributed by atoms with E-state index in [0.717, 1.165) is 50.0 Å². The van der Waals surface area contributed by atoms with Crippen LogP contribution in [-0.2, 0) is 20.3 Å². The Kier molecular flexibility index (Phi) is 11.6. The first kappa shape index (κ1) is 34.5. The molecule has 0 spiro atoms. The van der Waals surface area contributed by atoms with Gasteiger partial charge >= 0.3 is 0 Å². The fourth-order valence-electron chi connectivity index (χ4n) is 7.06. The van der Waals surface area contributed by atoms with Gasteiger partial charge in [-0.2, -0.15) is 0 Å². The van der Waals surface area contributed by atoms with Crippen LogP contribution < -0.4 is 9.47 Å². The van der Waals surface area contributed by atoms with Gasteiger partial charge in [0.25, 0.3) is 0 Å². The van der Waals surface area contributed by atoms with Crippen LogP contribution in [0.3, 0.4) is 0 Å². The van der Waals surface area contributed by atoms with Crippen LogP contribution in [0, 0.1) is 10.8 Å². The molecule has 4 heteroatoms. The van der Waals surface area contributed by atoms with E-state index in [4.69, 9.17) is 18.9 Å². The van der Waals surface area contributed by atoms with E-state index in [2.05, 4.69) is 118 Å². The molecule has 0 aliphatic heterocycles. The topological polar surface area (TPSA) is 36.9 Å². The largest absolute Gasteiger partial charge is 0.491 e. The van der Waals surface area contributed by atoms with Crippen molar-refractivity contribution in [3.8, 4) is 11.5 Å². The Morgan fingerprint density at radius 3 is 1.19 bits per heavy atom. The normalized spacial score (nSPS) is 16.3. The van der Waals surface area contributed by atoms with E-state index in [9.17, 15) is 0 Å². The molecule has 0 N–H and O–H groups in total. The maximum atomic E-state index is 6.37. The lowest BCUT2D eigenvalue weighted by molar-refractivity contribution is -0.256. The second-order valence-electron chi connectivity index (χ2n) is 16.2. The Labute approximate surface area is 257 Å². The van der Waals surface area contributed by atoms with Gasteiger partial charge in [-0.15, -0.1) is 0 Å². The van der Waals surface area contributed by atoms with Crippen molar-refractivity contribution in [2.45, 2.75) is 131 Å². The lowest BCUT2D eigenvalue weighted by Crippen LogP contribution is -2.40. The maximum absolute atomic E-state index is 6.37. The molecule has 1 aliphatic carbocycles. The summed E-state index contributed by atoms with van der Waals surface area (Å²) in [6, 6.07) is 17.2. The summed E-state index contributed by atoms with van der Waals surface area (Å²) in [7, 11) is 0. The summed E-state index contributed by atoms with van der Waals surface area (Å²) >= 11 is 0. The van der Waals surface area contributed by atoms with Gasteiger partial charge in [-0.1, -0.05) is 99.9 Å². The summed E-state index contributed by atoms with van der Waals surface area (Å²) in [6.45, 7) is 25.1. The SMILES string of the molecule is CC(C)(C)CC(C)(C)c1ccc(OCCOC2(OCCOc3ccc(C(C)(C)CC(C)(C)C)cc3)CCCCC2)cc1. The summed E-state index contributed by atoms with van der Waals surface area (Å²) in [5.74, 6) is 1.23. The Morgan fingerprint density at radius 1 is 0.500 bits per heavy atom. The van der Waals surface area contributed by atoms with Crippen molar-refractivity contribution in [3.63, 3.8) is 0 Å². The van der Waals surface area contributed by atoms with Crippen molar-refractivity contribution in [2.75, 3.05) is 26.4 Å². The molecule has 0 radical (unpaired) electrons. The van der Waals surface area contributed by atoms with Crippen LogP contribution in [-0.4, -0.2) is 32.2 Å². The van der Waals surface area contributed by atoms with E-state index in [1.165, 1.54) is 17.5 Å². The zero-order valence-electron chi connectivity index (χ0n) is 28.5. The first-order valence-corrected chi connectivity index (χ1v) is 16.2. The molecule has 3 rings (SSSR count). The molecule has 0 saturated heterocycles. The van der Waals surface area contributed by atoms with Crippen LogP contribution in [0.4, 0.5) is 0 Å². The van der Waals surface area contributed by atoms with Gasteiger partial charge in [-0.3, -0.25) is 0 Å². The maximum Gasteiger partial charge on any atom is 0.168 e. The average Bonchev–Trinajstić information content (AvgIpc) is 2.88. The van der Waals surface area contributed by atoms with E-state index in [-0.39, 0.29) is 21.7 Å². The molecule has 236 valence electrons. The molecule has 0 amide bonds. The molecule has 0 heterocycles. The van der Waals surface area contributed by atoms with E-state index < -0.39 is 5.79 Å². The third-order valence-corrected chi connectivity index (χ3v) is 8.27. The quantitative estimate of drug-likeness (QED) is 0.165. The van der Waals surface area contributed by atoms with E-state index in [1.54, 1.807) is 0 Å². The molecule has 2 aromatic carbocycles. The highest BCUT2D eigenvalue weighted by Gasteiger charge is 2.34. The monoisotopic (exact) mass is 580 g/mol. The predicted molar refractivity (Wildman–Crippen MR) is 176 cm³/mol. The van der Waals surface area contributed by atoms with Gasteiger partial charge in [-0.05, 0) is 82.7 Å². The van der Waals surface area contributed by atoms with Crippen LogP contribution >= 0.6 is 0 Å². The molecule has 1 aliphatic rings. The standard InChI is InChI=1S/C38H60O4/c1-34(2,3)28-36(7,8)30-14-18-32(19-15-30)39-24-26-41-38(22-12-11-13-23-38)42-27-25-40-33-20-16-31(17-21-33)37(9,10)29-35(4,5)6/h14-21H,11-13,22-29H2,1-10H3. The van der Waals surface area contributed by atoms with Crippen molar-refractivity contribution in [3.05, 3.63) is 59.7 Å². The minimum absolute atomic E-state index is 0.126. The van der Waals surface area contributed by atoms with Crippen molar-refractivity contribution >= 4 is 0 Å². The van der Waals surface area contributed by atoms with Gasteiger partial charge in [-0.25, -0.2) is 0 Å². The van der Waals surface area contributed by atoms with E-state index >= 15 is 0 Å². The zero-order chi connectivity index (χ0) is 31.1. The lowest BCUT2D eigenvalue weighted by atomic mass is 9.72. The van der Waals surface area contributed by atoms with Gasteiger partial charge in [0.05, 0.1) is 13.2 Å². The Bertz CT molecular complexity index is 981. The first-order valence-electron chi connectivity index (χ1n) is 16.2. The number of ether oxygens (including phenoxy) is 4. The van der Waals surface area contributed by atoms with Crippen LogP contribution in [0.1, 0.15) is 125 Å². The van der Waals surface area contributed by atoms with Gasteiger partial charge in [0, 0.05) is 12.8 Å². The van der Waals surface area contributed by atoms with Crippen molar-refractivity contribution in [1.29, 1.82) is 0 Å². The van der Waals surface area contributed by atoms with Crippen LogP contribution in [0.25, 0.3) is 0 Å². The summed E-state index contributed by atoms with van der Waals surface area (Å²) < 4.78 is 24.8. The molecule has 0 unspecified atom stereocenters. The van der Waals surface area contributed by atoms with Crippen molar-refractivity contribution in [1.82, 2.24) is 0 Å². The average molecular weight is 581 g/mol. The smallest absolute Gasteiger partial charge is 0.168 e. The minimum atomic E-state index is -0.535. The van der Waals surface area contributed by atoms with Gasteiger partial charge < -0.3 is 18.9 Å². The van der Waals surface area contributed by atoms with Gasteiger partial charge in [0.15, 0.2) is 5.79 Å². The van der Waals surface area contributed by atoms with Crippen LogP contribution in [0.2, 0.25) is 0 Å². The van der Waals surface area contributed by atoms with E-state index in [1.807, 2.05) is 0 Å². The second kappa shape index (κ2) is 14.2. The number of hydrogen-bond acceptors (Lipinski definition) is 4. The summed E-state index contributed by atoms with van der Waals surface area (Å²) in [4.78, 5) is 0. The predicted octanol–water partition coefficient (Wildman–Crippen LogP) is 10.3. The van der Waals surface area contributed by atoms with E-state index in [0.29, 0.717) is 26.4 Å². The highest BCUT2D eigenvalue weighted by atomic mass is 16.7. The molecule has 1 fully saturated rings. The molecule has 0 atom stereocenters. The van der Waals surface area contributed by atoms with Gasteiger partial charge in [0.2, 0.25) is 0 Å². The summed E-state index contributed by atoms with van der Waals surface area (Å²) in [5.41, 5.74) is 3.51. The Balaban J connectivity index is 1.44. The number of rotatable bonds is 14. The molecule has 1 saturated carbocycles. The third kappa shape index (κ3) is 11.2. The summed E-state index contributed by atoms with van der Waals surface area (Å²) in [5, 5.41) is 0. The minimum Gasteiger partial charge on any atom is -0.491 e. The van der Waals surface area contributed by atoms with Crippen molar-refractivity contribution in [2.24, 2.45) is 10.8 Å². The zero-order valence-corrected chi connectivity index (χ0v) is 28.5. The molecular weight excluding hydrogens is 520 g/mol.